The summed E-state index contributed by atoms with van der Waals surface area (Å²) in [7, 11) is -0.363. The molecule has 1 aliphatic rings. The van der Waals surface area contributed by atoms with Gasteiger partial charge in [-0.05, 0) is 24.0 Å². The van der Waals surface area contributed by atoms with Crippen LogP contribution in [0.4, 0.5) is 0 Å². The first-order valence-electron chi connectivity index (χ1n) is 9.77. The third-order valence-corrected chi connectivity index (χ3v) is 4.86. The van der Waals surface area contributed by atoms with E-state index in [2.05, 4.69) is 6.92 Å². The van der Waals surface area contributed by atoms with Crippen LogP contribution in [0, 0.1) is 5.92 Å². The van der Waals surface area contributed by atoms with Crippen molar-refractivity contribution in [3.8, 4) is 0 Å². The number of carboxylic acid groups (broad SMARTS) is 1. The number of aromatic carboxylic acids is 1. The third-order valence-electron chi connectivity index (χ3n) is 4.86. The maximum absolute atomic E-state index is 10.9. The number of hydrogen-bond acceptors (Lipinski definition) is 3. The Kier molecular flexibility index (Phi) is 9.05. The van der Waals surface area contributed by atoms with Gasteiger partial charge in [0.05, 0.1) is 5.56 Å². The monoisotopic (exact) mass is 346 g/mol. The van der Waals surface area contributed by atoms with Gasteiger partial charge in [0.2, 0.25) is 0 Å². The van der Waals surface area contributed by atoms with Crippen molar-refractivity contribution in [3.05, 3.63) is 29.8 Å². The zero-order chi connectivity index (χ0) is 17.9. The fourth-order valence-electron chi connectivity index (χ4n) is 3.25. The highest BCUT2D eigenvalue weighted by atomic mass is 16.6. The lowest BCUT2D eigenvalue weighted by Crippen LogP contribution is -2.44. The van der Waals surface area contributed by atoms with E-state index in [0.29, 0.717) is 5.92 Å². The predicted molar refractivity (Wildman–Crippen MR) is 101 cm³/mol. The van der Waals surface area contributed by atoms with Gasteiger partial charge >= 0.3 is 13.1 Å². The molecule has 1 aromatic carbocycles. The van der Waals surface area contributed by atoms with Crippen molar-refractivity contribution in [2.75, 3.05) is 13.2 Å². The minimum absolute atomic E-state index is 0.284. The Labute approximate surface area is 152 Å². The van der Waals surface area contributed by atoms with Gasteiger partial charge in [0.1, 0.15) is 0 Å². The standard InChI is InChI=1S/C20H31BO4/c1-2-3-4-5-6-7-8-9-10-17-15-24-21(25-16-17)19-13-11-18(12-14-19)20(22)23/h11-14,17H,2-10,15-16H2,1H3,(H,22,23). The molecule has 0 radical (unpaired) electrons. The molecule has 1 aromatic rings. The summed E-state index contributed by atoms with van der Waals surface area (Å²) in [4.78, 5) is 10.9. The highest BCUT2D eigenvalue weighted by Gasteiger charge is 2.28. The molecule has 1 heterocycles. The SMILES string of the molecule is CCCCCCCCCCC1COB(c2ccc(C(=O)O)cc2)OC1. The van der Waals surface area contributed by atoms with Gasteiger partial charge < -0.3 is 14.4 Å². The number of rotatable bonds is 11. The molecule has 2 rings (SSSR count). The van der Waals surface area contributed by atoms with Crippen molar-refractivity contribution in [2.45, 2.75) is 64.7 Å². The second kappa shape index (κ2) is 11.3. The lowest BCUT2D eigenvalue weighted by atomic mass is 9.77. The van der Waals surface area contributed by atoms with Crippen LogP contribution in [-0.2, 0) is 9.31 Å². The molecule has 0 bridgehead atoms. The minimum atomic E-state index is -0.914. The Morgan fingerprint density at radius 2 is 1.56 bits per heavy atom. The molecule has 0 aliphatic carbocycles. The first kappa shape index (κ1) is 20.0. The molecule has 0 atom stereocenters. The molecule has 1 aliphatic heterocycles. The highest BCUT2D eigenvalue weighted by Crippen LogP contribution is 2.17. The first-order valence-corrected chi connectivity index (χ1v) is 9.77. The van der Waals surface area contributed by atoms with Crippen LogP contribution in [0.2, 0.25) is 0 Å². The van der Waals surface area contributed by atoms with Crippen LogP contribution in [0.3, 0.4) is 0 Å². The number of hydrogen-bond donors (Lipinski definition) is 1. The second-order valence-electron chi connectivity index (χ2n) is 7.06. The largest absolute Gasteiger partial charge is 0.493 e. The van der Waals surface area contributed by atoms with Gasteiger partial charge in [-0.15, -0.1) is 0 Å². The van der Waals surface area contributed by atoms with E-state index >= 15 is 0 Å². The summed E-state index contributed by atoms with van der Waals surface area (Å²) < 4.78 is 11.7. The number of carbonyl (C=O) groups is 1. The second-order valence-corrected chi connectivity index (χ2v) is 7.06. The minimum Gasteiger partial charge on any atom is -0.478 e. The van der Waals surface area contributed by atoms with E-state index in [1.807, 2.05) is 0 Å². The van der Waals surface area contributed by atoms with Crippen molar-refractivity contribution in [3.63, 3.8) is 0 Å². The fourth-order valence-corrected chi connectivity index (χ4v) is 3.25. The van der Waals surface area contributed by atoms with E-state index in [-0.39, 0.29) is 12.7 Å². The zero-order valence-corrected chi connectivity index (χ0v) is 15.4. The van der Waals surface area contributed by atoms with Gasteiger partial charge in [-0.2, -0.15) is 0 Å². The molecule has 5 heteroatoms. The predicted octanol–water partition coefficient (Wildman–Crippen LogP) is 4.27. The number of unbranched alkanes of at least 4 members (excludes halogenated alkanes) is 7. The van der Waals surface area contributed by atoms with Crippen LogP contribution in [0.25, 0.3) is 0 Å². The van der Waals surface area contributed by atoms with Crippen LogP contribution < -0.4 is 5.46 Å². The van der Waals surface area contributed by atoms with Crippen molar-refractivity contribution in [1.82, 2.24) is 0 Å². The molecule has 0 aromatic heterocycles. The Balaban J connectivity index is 1.57. The Bertz CT molecular complexity index is 495. The lowest BCUT2D eigenvalue weighted by Gasteiger charge is -2.27. The normalized spacial score (nSPS) is 15.5. The summed E-state index contributed by atoms with van der Waals surface area (Å²) in [6.45, 7) is 3.70. The van der Waals surface area contributed by atoms with E-state index in [1.165, 1.54) is 57.8 Å². The fraction of sp³-hybridized carbons (Fsp3) is 0.650. The van der Waals surface area contributed by atoms with E-state index in [9.17, 15) is 4.79 Å². The first-order chi connectivity index (χ1) is 12.2. The average molecular weight is 346 g/mol. The van der Waals surface area contributed by atoms with Crippen LogP contribution >= 0.6 is 0 Å². The summed E-state index contributed by atoms with van der Waals surface area (Å²) in [6, 6.07) is 6.73. The van der Waals surface area contributed by atoms with E-state index in [0.717, 1.165) is 18.7 Å². The average Bonchev–Trinajstić information content (AvgIpc) is 2.64. The van der Waals surface area contributed by atoms with Crippen LogP contribution in [0.5, 0.6) is 0 Å². The summed E-state index contributed by atoms with van der Waals surface area (Å²) in [5, 5.41) is 8.93. The summed E-state index contributed by atoms with van der Waals surface area (Å²) >= 11 is 0. The van der Waals surface area contributed by atoms with Gasteiger partial charge in [0.25, 0.3) is 0 Å². The van der Waals surface area contributed by atoms with E-state index in [1.54, 1.807) is 24.3 Å². The maximum atomic E-state index is 10.9. The molecule has 0 saturated carbocycles. The van der Waals surface area contributed by atoms with E-state index in [4.69, 9.17) is 14.4 Å². The quantitative estimate of drug-likeness (QED) is 0.480. The zero-order valence-electron chi connectivity index (χ0n) is 15.4. The molecule has 1 N–H and O–H groups in total. The maximum Gasteiger partial charge on any atom is 0.493 e. The molecule has 138 valence electrons. The van der Waals surface area contributed by atoms with Gasteiger partial charge in [-0.1, -0.05) is 70.4 Å². The van der Waals surface area contributed by atoms with Gasteiger partial charge in [-0.25, -0.2) is 4.79 Å². The summed E-state index contributed by atoms with van der Waals surface area (Å²) in [5.74, 6) is -0.433. The molecule has 0 unspecified atom stereocenters. The molecule has 0 amide bonds. The van der Waals surface area contributed by atoms with Gasteiger partial charge in [-0.3, -0.25) is 0 Å². The Hall–Kier alpha value is -1.33. The highest BCUT2D eigenvalue weighted by molar-refractivity contribution is 6.61. The third kappa shape index (κ3) is 7.21. The number of carboxylic acids is 1. The molecule has 1 saturated heterocycles. The Morgan fingerprint density at radius 1 is 1.00 bits per heavy atom. The smallest absolute Gasteiger partial charge is 0.478 e. The van der Waals surface area contributed by atoms with Crippen molar-refractivity contribution in [2.24, 2.45) is 5.92 Å². The van der Waals surface area contributed by atoms with E-state index < -0.39 is 5.97 Å². The van der Waals surface area contributed by atoms with Crippen LogP contribution in [-0.4, -0.2) is 31.4 Å². The summed E-state index contributed by atoms with van der Waals surface area (Å²) in [6.07, 6.45) is 11.9. The molecular formula is C20H31BO4. The molecule has 1 fully saturated rings. The van der Waals surface area contributed by atoms with Crippen molar-refractivity contribution < 1.29 is 19.2 Å². The molecule has 25 heavy (non-hydrogen) atoms. The molecular weight excluding hydrogens is 315 g/mol. The van der Waals surface area contributed by atoms with Gasteiger partial charge in [0, 0.05) is 19.1 Å². The molecule has 0 spiro atoms. The van der Waals surface area contributed by atoms with Crippen molar-refractivity contribution in [1.29, 1.82) is 0 Å². The molecule has 4 nitrogen and oxygen atoms in total. The Morgan fingerprint density at radius 3 is 2.12 bits per heavy atom. The number of benzene rings is 1. The van der Waals surface area contributed by atoms with Crippen LogP contribution in [0.1, 0.15) is 75.1 Å². The van der Waals surface area contributed by atoms with Gasteiger partial charge in [0.15, 0.2) is 0 Å². The van der Waals surface area contributed by atoms with Crippen molar-refractivity contribution >= 4 is 18.6 Å². The lowest BCUT2D eigenvalue weighted by molar-refractivity contribution is 0.0696. The summed E-state index contributed by atoms with van der Waals surface area (Å²) in [5.41, 5.74) is 1.17. The van der Waals surface area contributed by atoms with Crippen LogP contribution in [0.15, 0.2) is 24.3 Å². The topological polar surface area (TPSA) is 55.8 Å².